The topological polar surface area (TPSA) is 50.8 Å². The van der Waals surface area contributed by atoms with Crippen LogP contribution in [0.5, 0.6) is 0 Å². The maximum absolute atomic E-state index is 12.8. The molecule has 8 heteroatoms. The minimum Gasteiger partial charge on any atom is -0.355 e. The fraction of sp³-hybridized carbons (Fsp3) is 0.368. The average Bonchev–Trinajstić information content (AvgIpc) is 2.66. The van der Waals surface area contributed by atoms with Crippen LogP contribution in [0.25, 0.3) is 0 Å². The molecule has 1 aliphatic rings. The molecule has 1 aliphatic heterocycles. The Balaban J connectivity index is 1.64. The van der Waals surface area contributed by atoms with Gasteiger partial charge in [0, 0.05) is 12.5 Å². The third-order valence-corrected chi connectivity index (χ3v) is 4.92. The molecule has 1 heterocycles. The zero-order valence-corrected chi connectivity index (χ0v) is 14.7. The number of rotatable bonds is 5. The number of quaternary nitrogens is 1. The predicted molar refractivity (Wildman–Crippen MR) is 96.0 cm³/mol. The molecule has 1 fully saturated rings. The van der Waals surface area contributed by atoms with E-state index in [2.05, 4.69) is 12.1 Å². The van der Waals surface area contributed by atoms with Crippen molar-refractivity contribution < 1.29 is 23.0 Å². The third-order valence-electron chi connectivity index (χ3n) is 4.92. The molecule has 3 rings (SSSR count). The first kappa shape index (κ1) is 19.2. The molecule has 0 radical (unpaired) electrons. The van der Waals surface area contributed by atoms with Crippen molar-refractivity contribution in [1.29, 1.82) is 0 Å². The fourth-order valence-corrected chi connectivity index (χ4v) is 3.39. The predicted octanol–water partition coefficient (Wildman–Crippen LogP) is 2.56. The average molecular weight is 380 g/mol. The Kier molecular flexibility index (Phi) is 5.65. The molecule has 27 heavy (non-hydrogen) atoms. The van der Waals surface area contributed by atoms with Crippen LogP contribution < -0.4 is 9.80 Å². The molecule has 0 atom stereocenters. The Morgan fingerprint density at radius 1 is 1.07 bits per heavy atom. The van der Waals surface area contributed by atoms with E-state index < -0.39 is 22.4 Å². The smallest absolute Gasteiger partial charge is 0.355 e. The number of hydrogen-bond acceptors (Lipinski definition) is 3. The highest BCUT2D eigenvalue weighted by atomic mass is 19.4. The van der Waals surface area contributed by atoms with Crippen LogP contribution in [0.1, 0.15) is 11.1 Å². The van der Waals surface area contributed by atoms with Gasteiger partial charge in [0.05, 0.1) is 43.2 Å². The van der Waals surface area contributed by atoms with Gasteiger partial charge in [-0.3, -0.25) is 10.1 Å². The molecule has 0 unspecified atom stereocenters. The van der Waals surface area contributed by atoms with Gasteiger partial charge in [0.2, 0.25) is 0 Å². The van der Waals surface area contributed by atoms with Gasteiger partial charge in [0.25, 0.3) is 5.69 Å². The lowest BCUT2D eigenvalue weighted by Crippen LogP contribution is -3.15. The number of anilines is 1. The van der Waals surface area contributed by atoms with Gasteiger partial charge in [-0.05, 0) is 17.7 Å². The summed E-state index contributed by atoms with van der Waals surface area (Å²) in [5.41, 5.74) is 0.0450. The van der Waals surface area contributed by atoms with E-state index in [1.165, 1.54) is 16.5 Å². The van der Waals surface area contributed by atoms with Crippen LogP contribution in [-0.2, 0) is 12.6 Å². The van der Waals surface area contributed by atoms with E-state index in [1.807, 2.05) is 23.1 Å². The SMILES string of the molecule is O=[N+]([O-])c1cc(C(F)(F)F)ccc1N1CC[NH+](CCc2ccccc2)CC1. The lowest BCUT2D eigenvalue weighted by Gasteiger charge is -2.33. The van der Waals surface area contributed by atoms with E-state index >= 15 is 0 Å². The Morgan fingerprint density at radius 2 is 1.74 bits per heavy atom. The quantitative estimate of drug-likeness (QED) is 0.641. The van der Waals surface area contributed by atoms with Crippen molar-refractivity contribution in [2.45, 2.75) is 12.6 Å². The third kappa shape index (κ3) is 4.77. The maximum Gasteiger partial charge on any atom is 0.416 e. The maximum atomic E-state index is 12.8. The van der Waals surface area contributed by atoms with E-state index in [4.69, 9.17) is 0 Å². The van der Waals surface area contributed by atoms with Crippen molar-refractivity contribution in [3.63, 3.8) is 0 Å². The number of halogens is 3. The summed E-state index contributed by atoms with van der Waals surface area (Å²) in [5, 5.41) is 11.3. The van der Waals surface area contributed by atoms with Crippen molar-refractivity contribution in [2.24, 2.45) is 0 Å². The summed E-state index contributed by atoms with van der Waals surface area (Å²) in [6.45, 7) is 3.72. The number of nitro benzene ring substituents is 1. The van der Waals surface area contributed by atoms with Crippen molar-refractivity contribution in [3.8, 4) is 0 Å². The summed E-state index contributed by atoms with van der Waals surface area (Å²) in [5.74, 6) is 0. The van der Waals surface area contributed by atoms with Gasteiger partial charge in [-0.1, -0.05) is 30.3 Å². The summed E-state index contributed by atoms with van der Waals surface area (Å²) in [4.78, 5) is 13.7. The summed E-state index contributed by atoms with van der Waals surface area (Å²) < 4.78 is 38.5. The molecule has 2 aromatic rings. The summed E-state index contributed by atoms with van der Waals surface area (Å²) in [6, 6.07) is 12.9. The lowest BCUT2D eigenvalue weighted by atomic mass is 10.1. The van der Waals surface area contributed by atoms with E-state index in [1.54, 1.807) is 0 Å². The van der Waals surface area contributed by atoms with Gasteiger partial charge >= 0.3 is 6.18 Å². The van der Waals surface area contributed by atoms with Crippen LogP contribution in [0.2, 0.25) is 0 Å². The number of piperazine rings is 1. The zero-order chi connectivity index (χ0) is 19.4. The lowest BCUT2D eigenvalue weighted by molar-refractivity contribution is -0.900. The first-order valence-electron chi connectivity index (χ1n) is 8.82. The minimum atomic E-state index is -4.59. The Labute approximate surface area is 155 Å². The van der Waals surface area contributed by atoms with Crippen LogP contribution >= 0.6 is 0 Å². The normalized spacial score (nSPS) is 15.7. The summed E-state index contributed by atoms with van der Waals surface area (Å²) in [6.07, 6.45) is -3.64. The van der Waals surface area contributed by atoms with Crippen molar-refractivity contribution >= 4 is 11.4 Å². The largest absolute Gasteiger partial charge is 0.416 e. The molecule has 5 nitrogen and oxygen atoms in total. The Morgan fingerprint density at radius 3 is 2.33 bits per heavy atom. The molecule has 1 saturated heterocycles. The van der Waals surface area contributed by atoms with Crippen molar-refractivity contribution in [2.75, 3.05) is 37.6 Å². The second-order valence-electron chi connectivity index (χ2n) is 6.68. The van der Waals surface area contributed by atoms with E-state index in [-0.39, 0.29) is 5.69 Å². The standard InChI is InChI=1S/C19H20F3N3O2/c20-19(21,22)16-6-7-17(18(14-16)25(26)27)24-12-10-23(11-13-24)9-8-15-4-2-1-3-5-15/h1-7,14H,8-13H2/p+1. The second-order valence-corrected chi connectivity index (χ2v) is 6.68. The second kappa shape index (κ2) is 7.96. The Hall–Kier alpha value is -2.61. The van der Waals surface area contributed by atoms with Crippen LogP contribution in [0.4, 0.5) is 24.5 Å². The van der Waals surface area contributed by atoms with Crippen LogP contribution in [0.15, 0.2) is 48.5 Å². The van der Waals surface area contributed by atoms with Crippen LogP contribution in [0.3, 0.4) is 0 Å². The molecule has 2 aromatic carbocycles. The summed E-state index contributed by atoms with van der Waals surface area (Å²) in [7, 11) is 0. The van der Waals surface area contributed by atoms with E-state index in [0.29, 0.717) is 19.2 Å². The van der Waals surface area contributed by atoms with Crippen LogP contribution in [-0.4, -0.2) is 37.6 Å². The van der Waals surface area contributed by atoms with Crippen molar-refractivity contribution in [1.82, 2.24) is 0 Å². The Bertz CT molecular complexity index is 789. The van der Waals surface area contributed by atoms with Gasteiger partial charge < -0.3 is 9.80 Å². The first-order chi connectivity index (χ1) is 12.8. The molecule has 0 aromatic heterocycles. The molecular formula is C19H21F3N3O2+. The van der Waals surface area contributed by atoms with Gasteiger partial charge in [-0.2, -0.15) is 13.2 Å². The molecule has 0 aliphatic carbocycles. The highest BCUT2D eigenvalue weighted by molar-refractivity contribution is 5.64. The highest BCUT2D eigenvalue weighted by Gasteiger charge is 2.34. The first-order valence-corrected chi connectivity index (χ1v) is 8.82. The van der Waals surface area contributed by atoms with Crippen molar-refractivity contribution in [3.05, 3.63) is 69.8 Å². The minimum absolute atomic E-state index is 0.259. The van der Waals surface area contributed by atoms with E-state index in [0.717, 1.165) is 32.1 Å². The van der Waals surface area contributed by atoms with Gasteiger partial charge in [0.15, 0.2) is 0 Å². The molecule has 0 bridgehead atoms. The number of nitro groups is 1. The monoisotopic (exact) mass is 380 g/mol. The molecule has 0 amide bonds. The molecule has 144 valence electrons. The molecule has 0 spiro atoms. The number of nitrogens with zero attached hydrogens (tertiary/aromatic N) is 2. The number of benzene rings is 2. The molecule has 0 saturated carbocycles. The molecule has 1 N–H and O–H groups in total. The zero-order valence-electron chi connectivity index (χ0n) is 14.7. The van der Waals surface area contributed by atoms with E-state index in [9.17, 15) is 23.3 Å². The number of alkyl halides is 3. The number of nitrogens with one attached hydrogen (secondary N) is 1. The fourth-order valence-electron chi connectivity index (χ4n) is 3.39. The van der Waals surface area contributed by atoms with Gasteiger partial charge in [-0.15, -0.1) is 0 Å². The van der Waals surface area contributed by atoms with Crippen LogP contribution in [0, 0.1) is 10.1 Å². The van der Waals surface area contributed by atoms with Gasteiger partial charge in [-0.25, -0.2) is 0 Å². The highest BCUT2D eigenvalue weighted by Crippen LogP contribution is 2.36. The molecular weight excluding hydrogens is 359 g/mol. The number of hydrogen-bond donors (Lipinski definition) is 1. The van der Waals surface area contributed by atoms with Gasteiger partial charge in [0.1, 0.15) is 5.69 Å². The summed E-state index contributed by atoms with van der Waals surface area (Å²) >= 11 is 0.